The molecule has 110 valence electrons. The molecule has 0 spiro atoms. The Labute approximate surface area is 121 Å². The van der Waals surface area contributed by atoms with Crippen LogP contribution in [0.4, 0.5) is 5.13 Å². The molecule has 0 fully saturated rings. The topological polar surface area (TPSA) is 41.1 Å². The smallest absolute Gasteiger partial charge is 0.202 e. The molecule has 0 saturated carbocycles. The summed E-state index contributed by atoms with van der Waals surface area (Å²) in [5.74, 6) is 1.56. The molecule has 0 aliphatic carbocycles. The molecule has 0 aliphatic heterocycles. The summed E-state index contributed by atoms with van der Waals surface area (Å²) < 4.78 is 4.41. The quantitative estimate of drug-likeness (QED) is 0.835. The fraction of sp³-hybridized carbons (Fsp3) is 0.857. The first-order valence-electron chi connectivity index (χ1n) is 6.94. The van der Waals surface area contributed by atoms with Gasteiger partial charge in [-0.2, -0.15) is 4.37 Å². The maximum atomic E-state index is 4.57. The van der Waals surface area contributed by atoms with Gasteiger partial charge in [0.2, 0.25) is 5.13 Å². The third-order valence-electron chi connectivity index (χ3n) is 3.29. The Balaban J connectivity index is 2.61. The molecular formula is C14H28N4S. The van der Waals surface area contributed by atoms with Crippen LogP contribution < -0.4 is 5.32 Å². The number of hydrogen-bond donors (Lipinski definition) is 1. The number of hydrogen-bond acceptors (Lipinski definition) is 5. The van der Waals surface area contributed by atoms with Gasteiger partial charge < -0.3 is 10.2 Å². The first-order chi connectivity index (χ1) is 8.70. The minimum atomic E-state index is 0.188. The van der Waals surface area contributed by atoms with E-state index in [2.05, 4.69) is 68.3 Å². The van der Waals surface area contributed by atoms with E-state index in [0.717, 1.165) is 23.9 Å². The van der Waals surface area contributed by atoms with Crippen molar-refractivity contribution in [2.24, 2.45) is 11.3 Å². The summed E-state index contributed by atoms with van der Waals surface area (Å²) >= 11 is 1.47. The molecule has 1 aromatic heterocycles. The van der Waals surface area contributed by atoms with E-state index in [4.69, 9.17) is 0 Å². The molecule has 1 atom stereocenters. The van der Waals surface area contributed by atoms with Crippen LogP contribution in [-0.2, 0) is 6.42 Å². The first-order valence-corrected chi connectivity index (χ1v) is 7.72. The lowest BCUT2D eigenvalue weighted by Crippen LogP contribution is -2.41. The number of rotatable bonds is 7. The minimum absolute atomic E-state index is 0.188. The van der Waals surface area contributed by atoms with Crippen LogP contribution in [-0.4, -0.2) is 40.9 Å². The van der Waals surface area contributed by atoms with Crippen LogP contribution in [0.2, 0.25) is 0 Å². The van der Waals surface area contributed by atoms with Crippen LogP contribution in [0.5, 0.6) is 0 Å². The minimum Gasteiger partial charge on any atom is -0.357 e. The fourth-order valence-electron chi connectivity index (χ4n) is 2.09. The van der Waals surface area contributed by atoms with Crippen molar-refractivity contribution < 1.29 is 0 Å². The number of aromatic nitrogens is 2. The van der Waals surface area contributed by atoms with E-state index in [1.54, 1.807) is 0 Å². The average molecular weight is 284 g/mol. The Kier molecular flexibility index (Phi) is 5.74. The van der Waals surface area contributed by atoms with Crippen LogP contribution in [0.15, 0.2) is 0 Å². The monoisotopic (exact) mass is 284 g/mol. The van der Waals surface area contributed by atoms with Gasteiger partial charge in [0, 0.05) is 30.5 Å². The lowest BCUT2D eigenvalue weighted by Gasteiger charge is -2.34. The first kappa shape index (κ1) is 16.4. The molecule has 0 aliphatic rings. The summed E-state index contributed by atoms with van der Waals surface area (Å²) in [6.45, 7) is 12.2. The van der Waals surface area contributed by atoms with Crippen LogP contribution in [0.1, 0.15) is 40.4 Å². The van der Waals surface area contributed by atoms with Crippen molar-refractivity contribution in [2.45, 2.75) is 47.1 Å². The highest BCUT2D eigenvalue weighted by Crippen LogP contribution is 2.25. The summed E-state index contributed by atoms with van der Waals surface area (Å²) in [7, 11) is 4.22. The predicted molar refractivity (Wildman–Crippen MR) is 83.9 cm³/mol. The van der Waals surface area contributed by atoms with Gasteiger partial charge in [-0.15, -0.1) is 0 Å². The van der Waals surface area contributed by atoms with Gasteiger partial charge in [0.25, 0.3) is 0 Å². The third kappa shape index (κ3) is 5.45. The molecule has 0 saturated heterocycles. The van der Waals surface area contributed by atoms with Crippen molar-refractivity contribution in [2.75, 3.05) is 26.0 Å². The standard InChI is InChI=1S/C14H28N4S/c1-10(2)8-12-16-13(19-17-12)15-11(3)14(4,5)9-18(6)7/h10-11H,8-9H2,1-7H3,(H,15,16,17). The second-order valence-corrected chi connectivity index (χ2v) is 7.46. The second kappa shape index (κ2) is 6.66. The summed E-state index contributed by atoms with van der Waals surface area (Å²) in [5, 5.41) is 4.44. The Morgan fingerprint density at radius 2 is 1.89 bits per heavy atom. The molecule has 0 aromatic carbocycles. The Morgan fingerprint density at radius 3 is 2.42 bits per heavy atom. The van der Waals surface area contributed by atoms with Crippen LogP contribution >= 0.6 is 11.5 Å². The summed E-state index contributed by atoms with van der Waals surface area (Å²) in [6, 6.07) is 0.356. The molecule has 0 radical (unpaired) electrons. The van der Waals surface area contributed by atoms with Gasteiger partial charge in [0.1, 0.15) is 5.82 Å². The Bertz CT molecular complexity index is 385. The molecule has 4 nitrogen and oxygen atoms in total. The maximum Gasteiger partial charge on any atom is 0.202 e. The summed E-state index contributed by atoms with van der Waals surface area (Å²) in [4.78, 5) is 6.79. The van der Waals surface area contributed by atoms with Gasteiger partial charge in [-0.25, -0.2) is 4.98 Å². The van der Waals surface area contributed by atoms with Gasteiger partial charge in [-0.1, -0.05) is 27.7 Å². The molecule has 1 aromatic rings. The van der Waals surface area contributed by atoms with Gasteiger partial charge >= 0.3 is 0 Å². The van der Waals surface area contributed by atoms with E-state index in [1.807, 2.05) is 0 Å². The van der Waals surface area contributed by atoms with E-state index in [1.165, 1.54) is 11.5 Å². The normalized spacial score (nSPS) is 14.2. The number of nitrogens with zero attached hydrogens (tertiary/aromatic N) is 3. The lowest BCUT2D eigenvalue weighted by molar-refractivity contribution is 0.217. The van der Waals surface area contributed by atoms with Crippen molar-refractivity contribution in [3.63, 3.8) is 0 Å². The van der Waals surface area contributed by atoms with E-state index < -0.39 is 0 Å². The Morgan fingerprint density at radius 1 is 1.26 bits per heavy atom. The van der Waals surface area contributed by atoms with E-state index in [9.17, 15) is 0 Å². The molecular weight excluding hydrogens is 256 g/mol. The molecule has 0 amide bonds. The predicted octanol–water partition coefficient (Wildman–Crippen LogP) is 3.12. The largest absolute Gasteiger partial charge is 0.357 e. The second-order valence-electron chi connectivity index (χ2n) is 6.71. The molecule has 5 heteroatoms. The maximum absolute atomic E-state index is 4.57. The van der Waals surface area contributed by atoms with Gasteiger partial charge in [-0.3, -0.25) is 0 Å². The van der Waals surface area contributed by atoms with E-state index in [-0.39, 0.29) is 5.41 Å². The van der Waals surface area contributed by atoms with Crippen molar-refractivity contribution >= 4 is 16.7 Å². The van der Waals surface area contributed by atoms with E-state index in [0.29, 0.717) is 12.0 Å². The van der Waals surface area contributed by atoms with Gasteiger partial charge in [0.05, 0.1) is 0 Å². The van der Waals surface area contributed by atoms with Crippen molar-refractivity contribution in [3.8, 4) is 0 Å². The Hall–Kier alpha value is -0.680. The molecule has 0 bridgehead atoms. The lowest BCUT2D eigenvalue weighted by atomic mass is 9.85. The van der Waals surface area contributed by atoms with Gasteiger partial charge in [0.15, 0.2) is 0 Å². The molecule has 1 N–H and O–H groups in total. The summed E-state index contributed by atoms with van der Waals surface area (Å²) in [5.41, 5.74) is 0.188. The number of nitrogens with one attached hydrogen (secondary N) is 1. The van der Waals surface area contributed by atoms with Crippen molar-refractivity contribution in [3.05, 3.63) is 5.82 Å². The zero-order valence-corrected chi connectivity index (χ0v) is 14.1. The molecule has 1 unspecified atom stereocenters. The third-order valence-corrected chi connectivity index (χ3v) is 3.98. The fourth-order valence-corrected chi connectivity index (χ4v) is 2.78. The zero-order valence-electron chi connectivity index (χ0n) is 13.3. The van der Waals surface area contributed by atoms with Crippen LogP contribution in [0.3, 0.4) is 0 Å². The summed E-state index contributed by atoms with van der Waals surface area (Å²) in [6.07, 6.45) is 0.952. The van der Waals surface area contributed by atoms with Crippen LogP contribution in [0, 0.1) is 11.3 Å². The van der Waals surface area contributed by atoms with Gasteiger partial charge in [-0.05, 0) is 32.4 Å². The SMILES string of the molecule is CC(C)Cc1nsc(NC(C)C(C)(C)CN(C)C)n1. The van der Waals surface area contributed by atoms with Crippen molar-refractivity contribution in [1.82, 2.24) is 14.3 Å². The van der Waals surface area contributed by atoms with Crippen molar-refractivity contribution in [1.29, 1.82) is 0 Å². The highest BCUT2D eigenvalue weighted by Gasteiger charge is 2.27. The highest BCUT2D eigenvalue weighted by molar-refractivity contribution is 7.09. The molecule has 1 rings (SSSR count). The molecule has 1 heterocycles. The highest BCUT2D eigenvalue weighted by atomic mass is 32.1. The number of anilines is 1. The average Bonchev–Trinajstić information content (AvgIpc) is 2.62. The van der Waals surface area contributed by atoms with Crippen LogP contribution in [0.25, 0.3) is 0 Å². The zero-order chi connectivity index (χ0) is 14.6. The molecule has 19 heavy (non-hydrogen) atoms. The van der Waals surface area contributed by atoms with E-state index >= 15 is 0 Å².